The van der Waals surface area contributed by atoms with Gasteiger partial charge in [-0.1, -0.05) is 0 Å². The molecule has 0 heterocycles. The Balaban J connectivity index is 2.86. The molecule has 0 unspecified atom stereocenters. The lowest BCUT2D eigenvalue weighted by atomic mass is 10.2. The molecule has 108 valence electrons. The van der Waals surface area contributed by atoms with Gasteiger partial charge in [0.2, 0.25) is 10.0 Å². The number of benzene rings is 1. The number of sulfone groups is 1. The monoisotopic (exact) mass is 307 g/mol. The Hall–Kier alpha value is -1.12. The van der Waals surface area contributed by atoms with E-state index in [2.05, 4.69) is 4.72 Å². The van der Waals surface area contributed by atoms with E-state index in [9.17, 15) is 16.8 Å². The van der Waals surface area contributed by atoms with E-state index < -0.39 is 19.9 Å². The second-order valence-electron chi connectivity index (χ2n) is 4.16. The van der Waals surface area contributed by atoms with Gasteiger partial charge in [0.15, 0.2) is 0 Å². The fraction of sp³-hybridized carbons (Fsp3) is 0.455. The minimum atomic E-state index is -3.70. The minimum Gasteiger partial charge on any atom is -0.496 e. The number of sulfonamides is 1. The van der Waals surface area contributed by atoms with Crippen molar-refractivity contribution in [3.05, 3.63) is 23.8 Å². The fourth-order valence-corrected chi connectivity index (χ4v) is 3.18. The molecule has 1 aromatic carbocycles. The average Bonchev–Trinajstić information content (AvgIpc) is 2.26. The lowest BCUT2D eigenvalue weighted by Crippen LogP contribution is -2.29. The number of nitrogens with one attached hydrogen (secondary N) is 1. The molecule has 1 aromatic rings. The molecule has 0 fully saturated rings. The number of hydrogen-bond donors (Lipinski definition) is 1. The maximum atomic E-state index is 11.9. The zero-order chi connectivity index (χ0) is 14.7. The van der Waals surface area contributed by atoms with Gasteiger partial charge in [0.1, 0.15) is 15.6 Å². The molecule has 0 saturated carbocycles. The summed E-state index contributed by atoms with van der Waals surface area (Å²) in [6, 6.07) is 4.44. The first-order valence-electron chi connectivity index (χ1n) is 5.48. The second-order valence-corrected chi connectivity index (χ2v) is 8.19. The molecule has 19 heavy (non-hydrogen) atoms. The topological polar surface area (TPSA) is 89.5 Å². The molecule has 0 amide bonds. The third kappa shape index (κ3) is 4.81. The number of methoxy groups -OCH3 is 1. The normalized spacial score (nSPS) is 12.4. The van der Waals surface area contributed by atoms with Gasteiger partial charge in [0.05, 0.1) is 17.8 Å². The molecule has 0 aromatic heterocycles. The number of hydrogen-bond acceptors (Lipinski definition) is 5. The van der Waals surface area contributed by atoms with E-state index in [0.29, 0.717) is 11.3 Å². The molecule has 0 aliphatic heterocycles. The van der Waals surface area contributed by atoms with Crippen molar-refractivity contribution in [2.75, 3.05) is 25.7 Å². The first kappa shape index (κ1) is 15.9. The molecule has 8 heteroatoms. The van der Waals surface area contributed by atoms with E-state index >= 15 is 0 Å². The van der Waals surface area contributed by atoms with Crippen molar-refractivity contribution in [3.63, 3.8) is 0 Å². The van der Waals surface area contributed by atoms with E-state index in [1.165, 1.54) is 19.2 Å². The first-order valence-corrected chi connectivity index (χ1v) is 9.02. The number of aryl methyl sites for hydroxylation is 1. The third-order valence-corrected chi connectivity index (χ3v) is 4.85. The van der Waals surface area contributed by atoms with Crippen LogP contribution in [0, 0.1) is 6.92 Å². The van der Waals surface area contributed by atoms with Crippen LogP contribution in [0.1, 0.15) is 5.56 Å². The van der Waals surface area contributed by atoms with Crippen LogP contribution in [0.3, 0.4) is 0 Å². The quantitative estimate of drug-likeness (QED) is 0.818. The molecule has 1 N–H and O–H groups in total. The molecular weight excluding hydrogens is 290 g/mol. The zero-order valence-corrected chi connectivity index (χ0v) is 12.6. The van der Waals surface area contributed by atoms with Crippen molar-refractivity contribution < 1.29 is 21.6 Å². The van der Waals surface area contributed by atoms with Crippen LogP contribution in [0.4, 0.5) is 0 Å². The number of ether oxygens (including phenoxy) is 1. The summed E-state index contributed by atoms with van der Waals surface area (Å²) in [5.74, 6) is 0.358. The van der Waals surface area contributed by atoms with Crippen LogP contribution in [0.5, 0.6) is 5.75 Å². The zero-order valence-electron chi connectivity index (χ0n) is 11.0. The van der Waals surface area contributed by atoms with Gasteiger partial charge in [-0.25, -0.2) is 21.6 Å². The highest BCUT2D eigenvalue weighted by atomic mass is 32.2. The third-order valence-electron chi connectivity index (χ3n) is 2.44. The van der Waals surface area contributed by atoms with E-state index in [1.807, 2.05) is 0 Å². The molecular formula is C11H17NO5S2. The summed E-state index contributed by atoms with van der Waals surface area (Å²) >= 11 is 0. The summed E-state index contributed by atoms with van der Waals surface area (Å²) in [4.78, 5) is 0.0827. The summed E-state index contributed by atoms with van der Waals surface area (Å²) in [7, 11) is -5.39. The van der Waals surface area contributed by atoms with Crippen LogP contribution in [-0.2, 0) is 19.9 Å². The van der Waals surface area contributed by atoms with Crippen molar-refractivity contribution in [2.45, 2.75) is 11.8 Å². The lowest BCUT2D eigenvalue weighted by Gasteiger charge is -2.09. The van der Waals surface area contributed by atoms with Gasteiger partial charge in [-0.15, -0.1) is 0 Å². The van der Waals surface area contributed by atoms with E-state index in [4.69, 9.17) is 4.74 Å². The highest BCUT2D eigenvalue weighted by molar-refractivity contribution is 7.91. The molecule has 0 bridgehead atoms. The van der Waals surface area contributed by atoms with Gasteiger partial charge in [-0.3, -0.25) is 0 Å². The largest absolute Gasteiger partial charge is 0.496 e. The number of rotatable bonds is 6. The van der Waals surface area contributed by atoms with E-state index in [-0.39, 0.29) is 17.2 Å². The van der Waals surface area contributed by atoms with Crippen LogP contribution >= 0.6 is 0 Å². The molecule has 0 aliphatic rings. The Kier molecular flexibility index (Phi) is 4.94. The van der Waals surface area contributed by atoms with Crippen molar-refractivity contribution in [1.82, 2.24) is 4.72 Å². The SMILES string of the molecule is COc1ccc(S(=O)(=O)NCCS(C)(=O)=O)cc1C. The molecule has 0 saturated heterocycles. The van der Waals surface area contributed by atoms with Crippen LogP contribution < -0.4 is 9.46 Å². The van der Waals surface area contributed by atoms with Crippen LogP contribution in [-0.4, -0.2) is 42.5 Å². The summed E-state index contributed by atoms with van der Waals surface area (Å²) in [6.07, 6.45) is 1.05. The minimum absolute atomic E-state index is 0.0827. The Morgan fingerprint density at radius 1 is 1.21 bits per heavy atom. The Labute approximate surface area is 113 Å². The fourth-order valence-electron chi connectivity index (χ4n) is 1.46. The molecule has 0 radical (unpaired) electrons. The highest BCUT2D eigenvalue weighted by Crippen LogP contribution is 2.21. The van der Waals surface area contributed by atoms with Crippen molar-refractivity contribution >= 4 is 19.9 Å². The standard InChI is InChI=1S/C11H17NO5S2/c1-9-8-10(4-5-11(9)17-2)19(15,16)12-6-7-18(3,13)14/h4-5,8,12H,6-7H2,1-3H3. The Morgan fingerprint density at radius 2 is 1.84 bits per heavy atom. The van der Waals surface area contributed by atoms with Crippen LogP contribution in [0.15, 0.2) is 23.1 Å². The van der Waals surface area contributed by atoms with Crippen molar-refractivity contribution in [2.24, 2.45) is 0 Å². The molecule has 0 atom stereocenters. The van der Waals surface area contributed by atoms with Gasteiger partial charge in [-0.05, 0) is 30.7 Å². The molecule has 0 aliphatic carbocycles. The predicted molar refractivity (Wildman–Crippen MR) is 72.6 cm³/mol. The van der Waals surface area contributed by atoms with Crippen molar-refractivity contribution in [1.29, 1.82) is 0 Å². The maximum Gasteiger partial charge on any atom is 0.240 e. The molecule has 1 rings (SSSR count). The van der Waals surface area contributed by atoms with Crippen molar-refractivity contribution in [3.8, 4) is 5.75 Å². The predicted octanol–water partition coefficient (Wildman–Crippen LogP) is 0.327. The van der Waals surface area contributed by atoms with Gasteiger partial charge in [0.25, 0.3) is 0 Å². The Morgan fingerprint density at radius 3 is 2.32 bits per heavy atom. The summed E-state index contributed by atoms with van der Waals surface area (Å²) in [6.45, 7) is 1.58. The summed E-state index contributed by atoms with van der Waals surface area (Å²) in [5.41, 5.74) is 0.688. The smallest absolute Gasteiger partial charge is 0.240 e. The summed E-state index contributed by atoms with van der Waals surface area (Å²) in [5, 5.41) is 0. The van der Waals surface area contributed by atoms with Gasteiger partial charge in [-0.2, -0.15) is 0 Å². The lowest BCUT2D eigenvalue weighted by molar-refractivity contribution is 0.411. The van der Waals surface area contributed by atoms with E-state index in [0.717, 1.165) is 6.26 Å². The van der Waals surface area contributed by atoms with Gasteiger partial charge >= 0.3 is 0 Å². The molecule has 0 spiro atoms. The maximum absolute atomic E-state index is 11.9. The van der Waals surface area contributed by atoms with Crippen LogP contribution in [0.25, 0.3) is 0 Å². The molecule has 6 nitrogen and oxygen atoms in total. The van der Waals surface area contributed by atoms with Gasteiger partial charge in [0, 0.05) is 12.8 Å². The van der Waals surface area contributed by atoms with Gasteiger partial charge < -0.3 is 4.74 Å². The highest BCUT2D eigenvalue weighted by Gasteiger charge is 2.15. The summed E-state index contributed by atoms with van der Waals surface area (Å²) < 4.78 is 53.0. The van der Waals surface area contributed by atoms with Crippen LogP contribution in [0.2, 0.25) is 0 Å². The van der Waals surface area contributed by atoms with E-state index in [1.54, 1.807) is 13.0 Å². The second kappa shape index (κ2) is 5.89. The Bertz CT molecular complexity index is 650. The first-order chi connectivity index (χ1) is 8.65. The average molecular weight is 307 g/mol.